The third-order valence-corrected chi connectivity index (χ3v) is 4.14. The van der Waals surface area contributed by atoms with Gasteiger partial charge in [-0.15, -0.1) is 0 Å². The average molecular weight is 287 g/mol. The normalized spacial score (nSPS) is 19.1. The molecule has 0 spiro atoms. The van der Waals surface area contributed by atoms with E-state index in [-0.39, 0.29) is 5.91 Å². The minimum atomic E-state index is 0.148. The maximum absolute atomic E-state index is 12.5. The molecule has 1 saturated heterocycles. The lowest BCUT2D eigenvalue weighted by Gasteiger charge is -2.32. The first-order valence-electron chi connectivity index (χ1n) is 7.53. The number of carbonyl (C=O) groups excluding carboxylic acids is 1. The lowest BCUT2D eigenvalue weighted by molar-refractivity contribution is -0.132. The zero-order valence-electron chi connectivity index (χ0n) is 12.3. The van der Waals surface area contributed by atoms with E-state index < -0.39 is 0 Å². The Hall–Kier alpha value is -1.88. The van der Waals surface area contributed by atoms with Crippen LogP contribution in [-0.4, -0.2) is 42.6 Å². The molecule has 1 unspecified atom stereocenters. The number of piperidine rings is 1. The number of amides is 1. The fourth-order valence-corrected chi connectivity index (χ4v) is 3.07. The van der Waals surface area contributed by atoms with E-state index >= 15 is 0 Å². The standard InChI is InChI=1S/C16H21N3O2/c1-17-10-12-5-4-8-19(11-12)16(20)9-14-13-6-2-3-7-15(13)21-18-14/h2-3,6-7,12,17H,4-5,8-11H2,1H3. The SMILES string of the molecule is CNCC1CCCN(C(=O)Cc2noc3ccccc23)C1. The number of carbonyl (C=O) groups is 1. The number of hydrogen-bond acceptors (Lipinski definition) is 4. The Kier molecular flexibility index (Phi) is 4.20. The lowest BCUT2D eigenvalue weighted by Crippen LogP contribution is -2.43. The second kappa shape index (κ2) is 6.26. The number of nitrogens with one attached hydrogen (secondary N) is 1. The van der Waals surface area contributed by atoms with Crippen LogP contribution >= 0.6 is 0 Å². The van der Waals surface area contributed by atoms with E-state index in [0.29, 0.717) is 12.3 Å². The Morgan fingerprint density at radius 3 is 3.19 bits per heavy atom. The number of para-hydroxylation sites is 1. The smallest absolute Gasteiger partial charge is 0.228 e. The second-order valence-electron chi connectivity index (χ2n) is 5.71. The van der Waals surface area contributed by atoms with Crippen molar-refractivity contribution in [2.75, 3.05) is 26.7 Å². The topological polar surface area (TPSA) is 58.4 Å². The first-order chi connectivity index (χ1) is 10.3. The van der Waals surface area contributed by atoms with Crippen LogP contribution in [0.4, 0.5) is 0 Å². The van der Waals surface area contributed by atoms with Gasteiger partial charge in [0.2, 0.25) is 5.91 Å². The molecule has 3 rings (SSSR count). The Morgan fingerprint density at radius 2 is 2.33 bits per heavy atom. The molecule has 5 heteroatoms. The highest BCUT2D eigenvalue weighted by atomic mass is 16.5. The third kappa shape index (κ3) is 3.08. The number of hydrogen-bond donors (Lipinski definition) is 1. The molecule has 1 aromatic heterocycles. The van der Waals surface area contributed by atoms with Gasteiger partial charge < -0.3 is 14.7 Å². The summed E-state index contributed by atoms with van der Waals surface area (Å²) in [6.45, 7) is 2.67. The number of fused-ring (bicyclic) bond motifs is 1. The van der Waals surface area contributed by atoms with Gasteiger partial charge >= 0.3 is 0 Å². The zero-order chi connectivity index (χ0) is 14.7. The number of likely N-dealkylation sites (tertiary alicyclic amines) is 1. The molecule has 1 atom stereocenters. The Labute approximate surface area is 124 Å². The van der Waals surface area contributed by atoms with E-state index in [4.69, 9.17) is 4.52 Å². The van der Waals surface area contributed by atoms with Crippen molar-refractivity contribution in [1.29, 1.82) is 0 Å². The van der Waals surface area contributed by atoms with Crippen molar-refractivity contribution in [2.24, 2.45) is 5.92 Å². The highest BCUT2D eigenvalue weighted by molar-refractivity contribution is 5.86. The van der Waals surface area contributed by atoms with Crippen molar-refractivity contribution < 1.29 is 9.32 Å². The third-order valence-electron chi connectivity index (χ3n) is 4.14. The molecular formula is C16H21N3O2. The van der Waals surface area contributed by atoms with Gasteiger partial charge in [-0.2, -0.15) is 0 Å². The van der Waals surface area contributed by atoms with Crippen molar-refractivity contribution in [3.63, 3.8) is 0 Å². The van der Waals surface area contributed by atoms with E-state index in [2.05, 4.69) is 10.5 Å². The molecule has 2 aromatic rings. The molecule has 1 fully saturated rings. The van der Waals surface area contributed by atoms with Gasteiger partial charge in [0.1, 0.15) is 5.69 Å². The summed E-state index contributed by atoms with van der Waals surface area (Å²) in [4.78, 5) is 14.5. The van der Waals surface area contributed by atoms with E-state index in [1.165, 1.54) is 6.42 Å². The van der Waals surface area contributed by atoms with Gasteiger partial charge in [-0.05, 0) is 44.5 Å². The Morgan fingerprint density at radius 1 is 1.48 bits per heavy atom. The summed E-state index contributed by atoms with van der Waals surface area (Å²) in [6, 6.07) is 7.68. The van der Waals surface area contributed by atoms with Crippen LogP contribution in [0.15, 0.2) is 28.8 Å². The molecule has 5 nitrogen and oxygen atoms in total. The van der Waals surface area contributed by atoms with Crippen molar-refractivity contribution in [3.8, 4) is 0 Å². The average Bonchev–Trinajstić information content (AvgIpc) is 2.91. The van der Waals surface area contributed by atoms with Gasteiger partial charge in [0.05, 0.1) is 6.42 Å². The van der Waals surface area contributed by atoms with Crippen LogP contribution < -0.4 is 5.32 Å². The van der Waals surface area contributed by atoms with Gasteiger partial charge in [-0.25, -0.2) is 0 Å². The molecule has 1 N–H and O–H groups in total. The second-order valence-corrected chi connectivity index (χ2v) is 5.71. The van der Waals surface area contributed by atoms with Crippen molar-refractivity contribution in [2.45, 2.75) is 19.3 Å². The largest absolute Gasteiger partial charge is 0.356 e. The summed E-state index contributed by atoms with van der Waals surface area (Å²) in [5.74, 6) is 0.705. The summed E-state index contributed by atoms with van der Waals surface area (Å²) in [6.07, 6.45) is 2.60. The fourth-order valence-electron chi connectivity index (χ4n) is 3.07. The van der Waals surface area contributed by atoms with Crippen molar-refractivity contribution in [1.82, 2.24) is 15.4 Å². The van der Waals surface area contributed by atoms with Gasteiger partial charge in [0.15, 0.2) is 5.58 Å². The Bertz CT molecular complexity index is 621. The molecule has 2 heterocycles. The van der Waals surface area contributed by atoms with Crippen molar-refractivity contribution >= 4 is 16.9 Å². The molecule has 0 bridgehead atoms. The predicted octanol–water partition coefficient (Wildman–Crippen LogP) is 1.83. The van der Waals surface area contributed by atoms with E-state index in [0.717, 1.165) is 42.7 Å². The van der Waals surface area contributed by atoms with Crippen LogP contribution in [0, 0.1) is 5.92 Å². The van der Waals surface area contributed by atoms with E-state index in [1.807, 2.05) is 36.2 Å². The lowest BCUT2D eigenvalue weighted by atomic mass is 9.97. The highest BCUT2D eigenvalue weighted by Crippen LogP contribution is 2.20. The molecule has 0 aliphatic carbocycles. The summed E-state index contributed by atoms with van der Waals surface area (Å²) in [5.41, 5.74) is 1.48. The first kappa shape index (κ1) is 14.1. The fraction of sp³-hybridized carbons (Fsp3) is 0.500. The van der Waals surface area contributed by atoms with E-state index in [9.17, 15) is 4.79 Å². The molecule has 112 valence electrons. The molecule has 0 radical (unpaired) electrons. The highest BCUT2D eigenvalue weighted by Gasteiger charge is 2.24. The summed E-state index contributed by atoms with van der Waals surface area (Å²) in [7, 11) is 1.96. The van der Waals surface area contributed by atoms with Gasteiger partial charge in [0.25, 0.3) is 0 Å². The van der Waals surface area contributed by atoms with Crippen LogP contribution in [0.5, 0.6) is 0 Å². The molecular weight excluding hydrogens is 266 g/mol. The Balaban J connectivity index is 1.68. The number of rotatable bonds is 4. The maximum Gasteiger partial charge on any atom is 0.228 e. The number of nitrogens with zero attached hydrogens (tertiary/aromatic N) is 2. The van der Waals surface area contributed by atoms with Crippen LogP contribution in [0.2, 0.25) is 0 Å². The van der Waals surface area contributed by atoms with Crippen LogP contribution in [-0.2, 0) is 11.2 Å². The monoisotopic (exact) mass is 287 g/mol. The minimum absolute atomic E-state index is 0.148. The predicted molar refractivity (Wildman–Crippen MR) is 80.9 cm³/mol. The molecule has 0 saturated carbocycles. The van der Waals surface area contributed by atoms with E-state index in [1.54, 1.807) is 0 Å². The summed E-state index contributed by atoms with van der Waals surface area (Å²) >= 11 is 0. The van der Waals surface area contributed by atoms with Crippen LogP contribution in [0.1, 0.15) is 18.5 Å². The number of aromatic nitrogens is 1. The summed E-state index contributed by atoms with van der Waals surface area (Å²) in [5, 5.41) is 8.19. The molecule has 1 aliphatic rings. The molecule has 1 aromatic carbocycles. The van der Waals surface area contributed by atoms with Crippen LogP contribution in [0.25, 0.3) is 11.0 Å². The number of benzene rings is 1. The maximum atomic E-state index is 12.5. The zero-order valence-corrected chi connectivity index (χ0v) is 12.3. The quantitative estimate of drug-likeness (QED) is 0.932. The van der Waals surface area contributed by atoms with Gasteiger partial charge in [-0.1, -0.05) is 17.3 Å². The van der Waals surface area contributed by atoms with Gasteiger partial charge in [-0.3, -0.25) is 4.79 Å². The summed E-state index contributed by atoms with van der Waals surface area (Å²) < 4.78 is 5.27. The van der Waals surface area contributed by atoms with Crippen LogP contribution in [0.3, 0.4) is 0 Å². The molecule has 21 heavy (non-hydrogen) atoms. The van der Waals surface area contributed by atoms with Crippen molar-refractivity contribution in [3.05, 3.63) is 30.0 Å². The first-order valence-corrected chi connectivity index (χ1v) is 7.53. The minimum Gasteiger partial charge on any atom is -0.356 e. The molecule has 1 amide bonds. The molecule has 1 aliphatic heterocycles. The van der Waals surface area contributed by atoms with Gasteiger partial charge in [0, 0.05) is 18.5 Å².